The number of hydrogen-bond donors (Lipinski definition) is 2. The average Bonchev–Trinajstić information content (AvgIpc) is 2.91. The van der Waals surface area contributed by atoms with Gasteiger partial charge in [-0.1, -0.05) is 24.8 Å². The molecule has 0 fully saturated rings. The predicted molar refractivity (Wildman–Crippen MR) is 101 cm³/mol. The van der Waals surface area contributed by atoms with Crippen molar-refractivity contribution in [1.29, 1.82) is 0 Å². The van der Waals surface area contributed by atoms with Crippen LogP contribution in [0.5, 0.6) is 5.75 Å². The van der Waals surface area contributed by atoms with Gasteiger partial charge >= 0.3 is 0 Å². The first-order valence-electron chi connectivity index (χ1n) is 8.32. The highest BCUT2D eigenvalue weighted by atomic mass is 16.5. The summed E-state index contributed by atoms with van der Waals surface area (Å²) in [5.74, 6) is -0.701. The second-order valence-corrected chi connectivity index (χ2v) is 6.11. The Morgan fingerprint density at radius 3 is 2.37 bits per heavy atom. The largest absolute Gasteiger partial charge is 0.484 e. The summed E-state index contributed by atoms with van der Waals surface area (Å²) >= 11 is 0. The molecule has 1 aliphatic rings. The number of hydrogen-bond acceptors (Lipinski definition) is 4. The first-order valence-corrected chi connectivity index (χ1v) is 8.32. The number of ether oxygens (including phenoxy) is 1. The maximum atomic E-state index is 12.6. The van der Waals surface area contributed by atoms with E-state index in [1.807, 2.05) is 12.1 Å². The molecule has 0 unspecified atom stereocenters. The smallest absolute Gasteiger partial charge is 0.259 e. The van der Waals surface area contributed by atoms with Crippen molar-refractivity contribution in [2.75, 3.05) is 11.9 Å². The third kappa shape index (κ3) is 3.67. The summed E-state index contributed by atoms with van der Waals surface area (Å²) < 4.78 is 5.17. The Morgan fingerprint density at radius 2 is 1.78 bits per heavy atom. The molecule has 2 aromatic carbocycles. The van der Waals surface area contributed by atoms with Gasteiger partial charge in [0.1, 0.15) is 11.8 Å². The molecule has 3 N–H and O–H groups in total. The highest BCUT2D eigenvalue weighted by Crippen LogP contribution is 2.33. The molecule has 0 radical (unpaired) electrons. The monoisotopic (exact) mass is 365 g/mol. The summed E-state index contributed by atoms with van der Waals surface area (Å²) in [5.41, 5.74) is 7.34. The van der Waals surface area contributed by atoms with E-state index in [9.17, 15) is 14.4 Å². The number of primary amides is 1. The Bertz CT molecular complexity index is 886. The minimum atomic E-state index is -0.733. The predicted octanol–water partition coefficient (Wildman–Crippen LogP) is 2.00. The third-order valence-electron chi connectivity index (χ3n) is 4.25. The number of rotatable bonds is 6. The van der Waals surface area contributed by atoms with Crippen LogP contribution in [0.2, 0.25) is 0 Å². The average molecular weight is 365 g/mol. The van der Waals surface area contributed by atoms with Crippen molar-refractivity contribution in [1.82, 2.24) is 4.90 Å². The highest BCUT2D eigenvalue weighted by molar-refractivity contribution is 6.11. The number of carbonyl (C=O) groups is 3. The number of fused-ring (bicyclic) bond motifs is 1. The topological polar surface area (TPSA) is 102 Å². The molecule has 1 heterocycles. The summed E-state index contributed by atoms with van der Waals surface area (Å²) in [6.45, 7) is 5.38. The van der Waals surface area contributed by atoms with E-state index in [-0.39, 0.29) is 18.4 Å². The Morgan fingerprint density at radius 1 is 1.15 bits per heavy atom. The van der Waals surface area contributed by atoms with Gasteiger partial charge in [0.05, 0.1) is 0 Å². The zero-order valence-electron chi connectivity index (χ0n) is 14.8. The standard InChI is InChI=1S/C20H19N3O4/c1-12-16-5-3-4-6-17(16)20(26)23(12)13(2)19(25)22-14-7-9-15(10-8-14)27-11-18(21)24/h3-10,13H,1,11H2,2H3,(H2,21,24)(H,22,25)/t13-/m0/s1. The number of anilines is 1. The van der Waals surface area contributed by atoms with Gasteiger partial charge in [0, 0.05) is 22.5 Å². The molecule has 138 valence electrons. The quantitative estimate of drug-likeness (QED) is 0.817. The van der Waals surface area contributed by atoms with Gasteiger partial charge in [0.15, 0.2) is 6.61 Å². The summed E-state index contributed by atoms with van der Waals surface area (Å²) in [4.78, 5) is 37.3. The molecular weight excluding hydrogens is 346 g/mol. The molecule has 0 spiro atoms. The van der Waals surface area contributed by atoms with Crippen LogP contribution in [0.15, 0.2) is 55.1 Å². The Kier molecular flexibility index (Phi) is 4.94. The molecule has 1 atom stereocenters. The molecule has 3 amide bonds. The van der Waals surface area contributed by atoms with Crippen LogP contribution in [-0.4, -0.2) is 35.3 Å². The molecule has 0 saturated carbocycles. The summed E-state index contributed by atoms with van der Waals surface area (Å²) in [5, 5.41) is 2.76. The molecule has 0 aliphatic carbocycles. The van der Waals surface area contributed by atoms with Crippen LogP contribution in [0.3, 0.4) is 0 Å². The number of carbonyl (C=O) groups excluding carboxylic acids is 3. The summed E-state index contributed by atoms with van der Waals surface area (Å²) in [6, 6.07) is 12.9. The molecule has 7 heteroatoms. The highest BCUT2D eigenvalue weighted by Gasteiger charge is 2.36. The minimum Gasteiger partial charge on any atom is -0.484 e. The first kappa shape index (κ1) is 18.2. The second kappa shape index (κ2) is 7.33. The van der Waals surface area contributed by atoms with Gasteiger partial charge in [0.2, 0.25) is 5.91 Å². The van der Waals surface area contributed by atoms with E-state index in [0.717, 1.165) is 5.56 Å². The fraction of sp³-hybridized carbons (Fsp3) is 0.150. The van der Waals surface area contributed by atoms with Gasteiger partial charge in [-0.15, -0.1) is 0 Å². The molecule has 27 heavy (non-hydrogen) atoms. The number of amides is 3. The van der Waals surface area contributed by atoms with E-state index in [1.165, 1.54) is 4.90 Å². The molecule has 1 aliphatic heterocycles. The normalized spacial score (nSPS) is 13.9. The van der Waals surface area contributed by atoms with Gasteiger partial charge in [-0.25, -0.2) is 0 Å². The van der Waals surface area contributed by atoms with Crippen molar-refractivity contribution in [2.45, 2.75) is 13.0 Å². The van der Waals surface area contributed by atoms with E-state index in [4.69, 9.17) is 10.5 Å². The fourth-order valence-corrected chi connectivity index (χ4v) is 2.87. The number of benzene rings is 2. The molecular formula is C20H19N3O4. The van der Waals surface area contributed by atoms with E-state index in [1.54, 1.807) is 43.3 Å². The van der Waals surface area contributed by atoms with Crippen LogP contribution < -0.4 is 15.8 Å². The van der Waals surface area contributed by atoms with Crippen LogP contribution in [0.4, 0.5) is 5.69 Å². The van der Waals surface area contributed by atoms with Gasteiger partial charge in [-0.2, -0.15) is 0 Å². The molecule has 0 saturated heterocycles. The molecule has 0 bridgehead atoms. The van der Waals surface area contributed by atoms with E-state index in [2.05, 4.69) is 11.9 Å². The van der Waals surface area contributed by atoms with Crippen molar-refractivity contribution in [3.8, 4) is 5.75 Å². The maximum absolute atomic E-state index is 12.6. The molecule has 3 rings (SSSR count). The van der Waals surface area contributed by atoms with Crippen LogP contribution in [0, 0.1) is 0 Å². The zero-order valence-corrected chi connectivity index (χ0v) is 14.8. The van der Waals surface area contributed by atoms with Crippen molar-refractivity contribution in [3.05, 3.63) is 66.2 Å². The molecule has 0 aromatic heterocycles. The van der Waals surface area contributed by atoms with Crippen molar-refractivity contribution >= 4 is 29.1 Å². The van der Waals surface area contributed by atoms with Crippen molar-refractivity contribution < 1.29 is 19.1 Å². The van der Waals surface area contributed by atoms with Crippen LogP contribution in [0.1, 0.15) is 22.8 Å². The first-order chi connectivity index (χ1) is 12.9. The van der Waals surface area contributed by atoms with E-state index >= 15 is 0 Å². The van der Waals surface area contributed by atoms with Gasteiger partial charge in [-0.05, 0) is 37.3 Å². The van der Waals surface area contributed by atoms with Gasteiger partial charge in [-0.3, -0.25) is 19.3 Å². The lowest BCUT2D eigenvalue weighted by atomic mass is 10.1. The van der Waals surface area contributed by atoms with Crippen LogP contribution in [0.25, 0.3) is 5.70 Å². The zero-order chi connectivity index (χ0) is 19.6. The third-order valence-corrected chi connectivity index (χ3v) is 4.25. The maximum Gasteiger partial charge on any atom is 0.259 e. The van der Waals surface area contributed by atoms with Crippen molar-refractivity contribution in [2.24, 2.45) is 5.73 Å². The second-order valence-electron chi connectivity index (χ2n) is 6.11. The summed E-state index contributed by atoms with van der Waals surface area (Å²) in [6.07, 6.45) is 0. The molecule has 7 nitrogen and oxygen atoms in total. The molecule has 2 aromatic rings. The fourth-order valence-electron chi connectivity index (χ4n) is 2.87. The number of nitrogens with one attached hydrogen (secondary N) is 1. The minimum absolute atomic E-state index is 0.220. The Labute approximate surface area is 156 Å². The lowest BCUT2D eigenvalue weighted by Crippen LogP contribution is -2.41. The van der Waals surface area contributed by atoms with Crippen LogP contribution >= 0.6 is 0 Å². The Balaban J connectivity index is 1.67. The SMILES string of the molecule is C=C1c2ccccc2C(=O)N1[C@@H](C)C(=O)Nc1ccc(OCC(N)=O)cc1. The van der Waals surface area contributed by atoms with Crippen LogP contribution in [-0.2, 0) is 9.59 Å². The van der Waals surface area contributed by atoms with Gasteiger partial charge < -0.3 is 15.8 Å². The van der Waals surface area contributed by atoms with Crippen molar-refractivity contribution in [3.63, 3.8) is 0 Å². The van der Waals surface area contributed by atoms with E-state index < -0.39 is 11.9 Å². The van der Waals surface area contributed by atoms with Gasteiger partial charge in [0.25, 0.3) is 11.8 Å². The number of nitrogens with two attached hydrogens (primary N) is 1. The summed E-state index contributed by atoms with van der Waals surface area (Å²) in [7, 11) is 0. The lowest BCUT2D eigenvalue weighted by molar-refractivity contribution is -0.120. The van der Waals surface area contributed by atoms with E-state index in [0.29, 0.717) is 22.7 Å². The Hall–Kier alpha value is -3.61. The lowest BCUT2D eigenvalue weighted by Gasteiger charge is -2.24. The number of nitrogens with zero attached hydrogens (tertiary/aromatic N) is 1.